The molecule has 3 N–H and O–H groups in total. The monoisotopic (exact) mass is 379 g/mol. The van der Waals surface area contributed by atoms with E-state index in [9.17, 15) is 4.79 Å². The third-order valence-corrected chi connectivity index (χ3v) is 5.90. The molecule has 0 spiro atoms. The minimum atomic E-state index is 0. The molecule has 3 unspecified atom stereocenters. The van der Waals surface area contributed by atoms with Gasteiger partial charge in [-0.25, -0.2) is 0 Å². The largest absolute Gasteiger partial charge is 0.354 e. The number of thiophene rings is 1. The van der Waals surface area contributed by atoms with Crippen LogP contribution in [0.1, 0.15) is 36.6 Å². The summed E-state index contributed by atoms with van der Waals surface area (Å²) in [6.45, 7) is 5.06. The van der Waals surface area contributed by atoms with E-state index in [4.69, 9.17) is 5.73 Å². The molecule has 7 heteroatoms. The van der Waals surface area contributed by atoms with Gasteiger partial charge >= 0.3 is 0 Å². The Labute approximate surface area is 155 Å². The maximum atomic E-state index is 12.2. The second kappa shape index (κ2) is 9.23. The SMILES string of the molecule is CC(CNC(=O)C1CCC(N)C1)N1CCc2sccc2C1.Cl.Cl. The number of carbonyl (C=O) groups excluding carboxylic acids is 1. The zero-order valence-corrected chi connectivity index (χ0v) is 15.9. The highest BCUT2D eigenvalue weighted by atomic mass is 35.5. The van der Waals surface area contributed by atoms with Crippen molar-refractivity contribution in [3.8, 4) is 0 Å². The van der Waals surface area contributed by atoms with Crippen LogP contribution in [0, 0.1) is 5.92 Å². The van der Waals surface area contributed by atoms with Crippen molar-refractivity contribution < 1.29 is 4.79 Å². The van der Waals surface area contributed by atoms with Gasteiger partial charge in [-0.1, -0.05) is 0 Å². The molecule has 1 aromatic heterocycles. The van der Waals surface area contributed by atoms with Crippen molar-refractivity contribution in [2.75, 3.05) is 13.1 Å². The van der Waals surface area contributed by atoms with Crippen LogP contribution in [0.2, 0.25) is 0 Å². The van der Waals surface area contributed by atoms with Gasteiger partial charge in [0.05, 0.1) is 0 Å². The second-order valence-corrected chi connectivity index (χ2v) is 7.45. The van der Waals surface area contributed by atoms with E-state index < -0.39 is 0 Å². The van der Waals surface area contributed by atoms with Crippen LogP contribution in [-0.4, -0.2) is 36.0 Å². The summed E-state index contributed by atoms with van der Waals surface area (Å²) in [6.07, 6.45) is 3.93. The van der Waals surface area contributed by atoms with Crippen molar-refractivity contribution in [2.24, 2.45) is 11.7 Å². The summed E-state index contributed by atoms with van der Waals surface area (Å²) in [4.78, 5) is 16.1. The molecular formula is C16H27Cl2N3OS. The molecule has 132 valence electrons. The highest BCUT2D eigenvalue weighted by Crippen LogP contribution is 2.26. The minimum absolute atomic E-state index is 0. The summed E-state index contributed by atoms with van der Waals surface area (Å²) in [7, 11) is 0. The minimum Gasteiger partial charge on any atom is -0.354 e. The molecule has 3 rings (SSSR count). The molecule has 1 amide bonds. The predicted molar refractivity (Wildman–Crippen MR) is 101 cm³/mol. The molecule has 4 nitrogen and oxygen atoms in total. The smallest absolute Gasteiger partial charge is 0.223 e. The normalized spacial score (nSPS) is 25.0. The molecule has 1 fully saturated rings. The van der Waals surface area contributed by atoms with Crippen LogP contribution in [0.5, 0.6) is 0 Å². The van der Waals surface area contributed by atoms with E-state index in [0.717, 1.165) is 45.3 Å². The van der Waals surface area contributed by atoms with Crippen LogP contribution in [0.25, 0.3) is 0 Å². The van der Waals surface area contributed by atoms with Crippen LogP contribution >= 0.6 is 36.2 Å². The number of halogens is 2. The second-order valence-electron chi connectivity index (χ2n) is 6.45. The molecule has 0 radical (unpaired) electrons. The zero-order valence-electron chi connectivity index (χ0n) is 13.5. The van der Waals surface area contributed by atoms with E-state index in [1.807, 2.05) is 11.3 Å². The molecule has 2 aliphatic rings. The van der Waals surface area contributed by atoms with Crippen LogP contribution in [0.4, 0.5) is 0 Å². The number of carbonyl (C=O) groups is 1. The first-order valence-corrected chi connectivity index (χ1v) is 8.84. The summed E-state index contributed by atoms with van der Waals surface area (Å²) in [5.41, 5.74) is 7.35. The number of fused-ring (bicyclic) bond motifs is 1. The summed E-state index contributed by atoms with van der Waals surface area (Å²) < 4.78 is 0. The van der Waals surface area contributed by atoms with Gasteiger partial charge in [0, 0.05) is 42.5 Å². The van der Waals surface area contributed by atoms with Crippen molar-refractivity contribution >= 4 is 42.1 Å². The topological polar surface area (TPSA) is 58.4 Å². The molecule has 1 aliphatic carbocycles. The van der Waals surface area contributed by atoms with Crippen molar-refractivity contribution in [1.82, 2.24) is 10.2 Å². The lowest BCUT2D eigenvalue weighted by atomic mass is 10.1. The van der Waals surface area contributed by atoms with E-state index in [1.54, 1.807) is 0 Å². The lowest BCUT2D eigenvalue weighted by Crippen LogP contribution is -2.45. The molecule has 2 heterocycles. The van der Waals surface area contributed by atoms with Gasteiger partial charge < -0.3 is 11.1 Å². The average Bonchev–Trinajstić information content (AvgIpc) is 3.12. The number of nitrogens with zero attached hydrogens (tertiary/aromatic N) is 1. The number of rotatable bonds is 4. The number of amides is 1. The fourth-order valence-electron chi connectivity index (χ4n) is 3.42. The van der Waals surface area contributed by atoms with Crippen LogP contribution in [0.15, 0.2) is 11.4 Å². The fraction of sp³-hybridized carbons (Fsp3) is 0.688. The Morgan fingerprint density at radius 3 is 2.96 bits per heavy atom. The number of nitrogens with one attached hydrogen (secondary N) is 1. The molecule has 3 atom stereocenters. The Bertz CT molecular complexity index is 511. The van der Waals surface area contributed by atoms with E-state index >= 15 is 0 Å². The highest BCUT2D eigenvalue weighted by molar-refractivity contribution is 7.10. The van der Waals surface area contributed by atoms with E-state index in [1.165, 1.54) is 10.4 Å². The average molecular weight is 380 g/mol. The maximum absolute atomic E-state index is 12.2. The Kier molecular flexibility index (Phi) is 8.31. The van der Waals surface area contributed by atoms with Gasteiger partial charge in [0.2, 0.25) is 5.91 Å². The van der Waals surface area contributed by atoms with Gasteiger partial charge in [-0.05, 0) is 49.6 Å². The standard InChI is InChI=1S/C16H25N3OS.2ClH/c1-11(9-18-16(20)12-2-3-14(17)8-12)19-6-4-15-13(10-19)5-7-21-15;;/h5,7,11-12,14H,2-4,6,8-10,17H2,1H3,(H,18,20);2*1H. The number of hydrogen-bond acceptors (Lipinski definition) is 4. The number of nitrogens with two attached hydrogens (primary N) is 1. The number of hydrogen-bond donors (Lipinski definition) is 2. The first-order valence-electron chi connectivity index (χ1n) is 7.96. The van der Waals surface area contributed by atoms with E-state index in [-0.39, 0.29) is 42.7 Å². The Hall–Kier alpha value is -0.330. The Balaban J connectivity index is 0.00000132. The van der Waals surface area contributed by atoms with Crippen molar-refractivity contribution in [3.05, 3.63) is 21.9 Å². The molecule has 1 aromatic rings. The van der Waals surface area contributed by atoms with Crippen molar-refractivity contribution in [1.29, 1.82) is 0 Å². The first kappa shape index (κ1) is 20.7. The summed E-state index contributed by atoms with van der Waals surface area (Å²) in [5, 5.41) is 5.31. The van der Waals surface area contributed by atoms with Gasteiger partial charge in [0.15, 0.2) is 0 Å². The maximum Gasteiger partial charge on any atom is 0.223 e. The van der Waals surface area contributed by atoms with Crippen LogP contribution in [-0.2, 0) is 17.8 Å². The molecule has 0 bridgehead atoms. The van der Waals surface area contributed by atoms with Crippen LogP contribution in [0.3, 0.4) is 0 Å². The predicted octanol–water partition coefficient (Wildman–Crippen LogP) is 2.58. The van der Waals surface area contributed by atoms with Gasteiger partial charge in [0.25, 0.3) is 0 Å². The van der Waals surface area contributed by atoms with Crippen molar-refractivity contribution in [3.63, 3.8) is 0 Å². The summed E-state index contributed by atoms with van der Waals surface area (Å²) >= 11 is 1.87. The van der Waals surface area contributed by atoms with Crippen LogP contribution < -0.4 is 11.1 Å². The van der Waals surface area contributed by atoms with Crippen molar-refractivity contribution in [2.45, 2.75) is 51.2 Å². The lowest BCUT2D eigenvalue weighted by molar-refractivity contribution is -0.125. The van der Waals surface area contributed by atoms with E-state index in [0.29, 0.717) is 6.04 Å². The lowest BCUT2D eigenvalue weighted by Gasteiger charge is -2.32. The third kappa shape index (κ3) is 5.07. The van der Waals surface area contributed by atoms with Gasteiger partial charge in [-0.2, -0.15) is 0 Å². The summed E-state index contributed by atoms with van der Waals surface area (Å²) in [5.74, 6) is 0.333. The Morgan fingerprint density at radius 2 is 2.26 bits per heavy atom. The Morgan fingerprint density at radius 1 is 1.48 bits per heavy atom. The van der Waals surface area contributed by atoms with Gasteiger partial charge in [-0.15, -0.1) is 36.2 Å². The summed E-state index contributed by atoms with van der Waals surface area (Å²) in [6, 6.07) is 2.84. The quantitative estimate of drug-likeness (QED) is 0.844. The first-order chi connectivity index (χ1) is 10.1. The third-order valence-electron chi connectivity index (χ3n) is 4.88. The fourth-order valence-corrected chi connectivity index (χ4v) is 4.31. The molecule has 0 aromatic carbocycles. The molecule has 0 saturated heterocycles. The molecule has 1 saturated carbocycles. The van der Waals surface area contributed by atoms with Gasteiger partial charge in [0.1, 0.15) is 0 Å². The molecule has 23 heavy (non-hydrogen) atoms. The molecular weight excluding hydrogens is 353 g/mol. The zero-order chi connectivity index (χ0) is 14.8. The highest BCUT2D eigenvalue weighted by Gasteiger charge is 2.28. The van der Waals surface area contributed by atoms with Gasteiger partial charge in [-0.3, -0.25) is 9.69 Å². The van der Waals surface area contributed by atoms with E-state index in [2.05, 4.69) is 28.6 Å². The molecule has 1 aliphatic heterocycles.